The van der Waals surface area contributed by atoms with Crippen LogP contribution in [-0.4, -0.2) is 32.5 Å². The highest BCUT2D eigenvalue weighted by Crippen LogP contribution is 1.96. The lowest BCUT2D eigenvalue weighted by Crippen LogP contribution is -2.21. The molecule has 0 saturated carbocycles. The van der Waals surface area contributed by atoms with E-state index in [4.69, 9.17) is 11.6 Å². The molecule has 66 valence electrons. The fourth-order valence-corrected chi connectivity index (χ4v) is 0.727. The quantitative estimate of drug-likeness (QED) is 0.504. The van der Waals surface area contributed by atoms with E-state index in [0.717, 1.165) is 0 Å². The zero-order chi connectivity index (χ0) is 9.14. The standard InChI is InChI=1S/C5H7ClN4O2/c1-10(4(6)11)2-3-7-5(12)9-8-3/h2H2,1H3,(H2,7,8,9,12). The third-order valence-electron chi connectivity index (χ3n) is 1.24. The van der Waals surface area contributed by atoms with Crippen molar-refractivity contribution >= 4 is 17.0 Å². The van der Waals surface area contributed by atoms with Gasteiger partial charge in [-0.1, -0.05) is 0 Å². The van der Waals surface area contributed by atoms with Crippen LogP contribution in [0.3, 0.4) is 0 Å². The van der Waals surface area contributed by atoms with Gasteiger partial charge >= 0.3 is 11.1 Å². The Hall–Kier alpha value is -1.30. The molecule has 0 aliphatic heterocycles. The summed E-state index contributed by atoms with van der Waals surface area (Å²) in [6, 6.07) is 0. The second kappa shape index (κ2) is 3.40. The highest BCUT2D eigenvalue weighted by Gasteiger charge is 2.07. The Morgan fingerprint density at radius 2 is 2.42 bits per heavy atom. The van der Waals surface area contributed by atoms with Crippen molar-refractivity contribution in [3.63, 3.8) is 0 Å². The zero-order valence-corrected chi connectivity index (χ0v) is 7.05. The summed E-state index contributed by atoms with van der Waals surface area (Å²) in [5, 5.41) is 5.17. The summed E-state index contributed by atoms with van der Waals surface area (Å²) >= 11 is 5.14. The number of aromatic amines is 2. The van der Waals surface area contributed by atoms with Crippen molar-refractivity contribution in [2.75, 3.05) is 7.05 Å². The van der Waals surface area contributed by atoms with Gasteiger partial charge in [-0.25, -0.2) is 9.89 Å². The van der Waals surface area contributed by atoms with E-state index in [1.807, 2.05) is 0 Å². The Morgan fingerprint density at radius 3 is 2.83 bits per heavy atom. The predicted octanol–water partition coefficient (Wildman–Crippen LogP) is -0.111. The average Bonchev–Trinajstić information content (AvgIpc) is 2.35. The molecule has 1 aromatic heterocycles. The lowest BCUT2D eigenvalue weighted by Gasteiger charge is -2.09. The minimum atomic E-state index is -0.598. The van der Waals surface area contributed by atoms with Crippen LogP contribution >= 0.6 is 11.6 Å². The third-order valence-corrected chi connectivity index (χ3v) is 1.53. The fraction of sp³-hybridized carbons (Fsp3) is 0.400. The number of hydrogen-bond acceptors (Lipinski definition) is 3. The number of H-pyrrole nitrogens is 2. The minimum absolute atomic E-state index is 0.182. The topological polar surface area (TPSA) is 81.8 Å². The molecule has 0 saturated heterocycles. The van der Waals surface area contributed by atoms with E-state index in [0.29, 0.717) is 5.82 Å². The van der Waals surface area contributed by atoms with Crippen LogP contribution in [0, 0.1) is 0 Å². The van der Waals surface area contributed by atoms with Gasteiger partial charge in [-0.15, -0.1) is 0 Å². The summed E-state index contributed by atoms with van der Waals surface area (Å²) in [6.45, 7) is 0.182. The van der Waals surface area contributed by atoms with Crippen molar-refractivity contribution in [3.05, 3.63) is 16.3 Å². The van der Waals surface area contributed by atoms with Crippen LogP contribution in [0.1, 0.15) is 5.82 Å². The van der Waals surface area contributed by atoms with Crippen molar-refractivity contribution in [1.82, 2.24) is 20.1 Å². The van der Waals surface area contributed by atoms with Crippen LogP contribution in [0.4, 0.5) is 4.79 Å². The van der Waals surface area contributed by atoms with E-state index in [-0.39, 0.29) is 6.54 Å². The molecule has 0 unspecified atom stereocenters. The molecule has 0 fully saturated rings. The van der Waals surface area contributed by atoms with Gasteiger partial charge in [0.1, 0.15) is 0 Å². The molecule has 1 heterocycles. The lowest BCUT2D eigenvalue weighted by molar-refractivity contribution is 0.229. The number of rotatable bonds is 2. The number of carbonyl (C=O) groups excluding carboxylic acids is 1. The Balaban J connectivity index is 2.64. The molecule has 0 bridgehead atoms. The summed E-state index contributed by atoms with van der Waals surface area (Å²) in [6.07, 6.45) is 0. The van der Waals surface area contributed by atoms with Crippen molar-refractivity contribution < 1.29 is 4.79 Å². The van der Waals surface area contributed by atoms with Crippen molar-refractivity contribution in [2.24, 2.45) is 0 Å². The number of carbonyl (C=O) groups is 1. The van der Waals surface area contributed by atoms with Gasteiger partial charge in [0.25, 0.3) is 0 Å². The van der Waals surface area contributed by atoms with Gasteiger partial charge in [0.2, 0.25) is 0 Å². The first-order chi connectivity index (χ1) is 5.59. The Morgan fingerprint density at radius 1 is 1.75 bits per heavy atom. The second-order valence-corrected chi connectivity index (χ2v) is 2.56. The monoisotopic (exact) mass is 190 g/mol. The maximum absolute atomic E-state index is 10.5. The van der Waals surface area contributed by atoms with Gasteiger partial charge in [0.05, 0.1) is 6.54 Å². The summed E-state index contributed by atoms with van der Waals surface area (Å²) < 4.78 is 0. The molecule has 0 atom stereocenters. The number of nitrogens with zero attached hydrogens (tertiary/aromatic N) is 2. The predicted molar refractivity (Wildman–Crippen MR) is 41.9 cm³/mol. The summed E-state index contributed by atoms with van der Waals surface area (Å²) in [5.74, 6) is 0.372. The van der Waals surface area contributed by atoms with E-state index in [2.05, 4.69) is 15.2 Å². The number of halogens is 1. The van der Waals surface area contributed by atoms with Crippen LogP contribution in [0.5, 0.6) is 0 Å². The molecule has 7 heteroatoms. The van der Waals surface area contributed by atoms with E-state index in [1.165, 1.54) is 11.9 Å². The largest absolute Gasteiger partial charge is 0.340 e. The molecule has 0 spiro atoms. The van der Waals surface area contributed by atoms with E-state index < -0.39 is 11.1 Å². The second-order valence-electron chi connectivity index (χ2n) is 2.23. The zero-order valence-electron chi connectivity index (χ0n) is 6.30. The van der Waals surface area contributed by atoms with E-state index in [1.54, 1.807) is 0 Å². The number of hydrogen-bond donors (Lipinski definition) is 2. The average molecular weight is 191 g/mol. The number of nitrogens with one attached hydrogen (secondary N) is 2. The number of amides is 1. The minimum Gasteiger partial charge on any atom is -0.325 e. The molecule has 0 aliphatic carbocycles. The fourth-order valence-electron chi connectivity index (χ4n) is 0.667. The molecular formula is C5H7ClN4O2. The number of aromatic nitrogens is 3. The Bertz CT molecular complexity index is 330. The molecule has 12 heavy (non-hydrogen) atoms. The molecule has 1 amide bonds. The van der Waals surface area contributed by atoms with E-state index >= 15 is 0 Å². The van der Waals surface area contributed by atoms with Gasteiger partial charge in [0.15, 0.2) is 5.82 Å². The molecule has 0 aliphatic rings. The van der Waals surface area contributed by atoms with Crippen molar-refractivity contribution in [1.29, 1.82) is 0 Å². The highest BCUT2D eigenvalue weighted by molar-refractivity contribution is 6.62. The molecule has 1 aromatic rings. The maximum Gasteiger partial charge on any atom is 0.340 e. The lowest BCUT2D eigenvalue weighted by atomic mass is 10.6. The molecular weight excluding hydrogens is 184 g/mol. The molecule has 2 N–H and O–H groups in total. The first-order valence-corrected chi connectivity index (χ1v) is 3.51. The molecule has 0 aromatic carbocycles. The van der Waals surface area contributed by atoms with Crippen molar-refractivity contribution in [2.45, 2.75) is 6.54 Å². The van der Waals surface area contributed by atoms with Gasteiger partial charge < -0.3 is 4.90 Å². The molecule has 0 radical (unpaired) electrons. The first-order valence-electron chi connectivity index (χ1n) is 3.14. The summed E-state index contributed by atoms with van der Waals surface area (Å²) in [4.78, 5) is 24.7. The van der Waals surface area contributed by atoms with Crippen LogP contribution in [0.2, 0.25) is 0 Å². The summed E-state index contributed by atoms with van der Waals surface area (Å²) in [7, 11) is 1.50. The Labute approximate surface area is 72.5 Å². The van der Waals surface area contributed by atoms with Crippen LogP contribution in [-0.2, 0) is 6.54 Å². The van der Waals surface area contributed by atoms with Crippen LogP contribution in [0.25, 0.3) is 0 Å². The third kappa shape index (κ3) is 2.09. The smallest absolute Gasteiger partial charge is 0.325 e. The van der Waals surface area contributed by atoms with Crippen LogP contribution in [0.15, 0.2) is 4.79 Å². The summed E-state index contributed by atoms with van der Waals surface area (Å²) in [5.41, 5.74) is -0.402. The van der Waals surface area contributed by atoms with Crippen LogP contribution < -0.4 is 5.69 Å². The van der Waals surface area contributed by atoms with Crippen molar-refractivity contribution in [3.8, 4) is 0 Å². The van der Waals surface area contributed by atoms with Gasteiger partial charge in [-0.05, 0) is 11.6 Å². The Kier molecular flexibility index (Phi) is 2.49. The SMILES string of the molecule is CN(Cc1n[nH]c(=O)[nH]1)C(=O)Cl. The van der Waals surface area contributed by atoms with E-state index in [9.17, 15) is 9.59 Å². The molecule has 1 rings (SSSR count). The maximum atomic E-state index is 10.5. The van der Waals surface area contributed by atoms with Gasteiger partial charge in [0, 0.05) is 7.05 Å². The van der Waals surface area contributed by atoms with Gasteiger partial charge in [-0.3, -0.25) is 9.78 Å². The van der Waals surface area contributed by atoms with Gasteiger partial charge in [-0.2, -0.15) is 5.10 Å². The normalized spacial score (nSPS) is 9.83. The molecule has 6 nitrogen and oxygen atoms in total. The first kappa shape index (κ1) is 8.79. The highest BCUT2D eigenvalue weighted by atomic mass is 35.5.